The number of hydrogen-bond donors (Lipinski definition) is 6. The summed E-state index contributed by atoms with van der Waals surface area (Å²) in [6, 6.07) is 4.01. The summed E-state index contributed by atoms with van der Waals surface area (Å²) in [7, 11) is 6.37. The van der Waals surface area contributed by atoms with Crippen molar-refractivity contribution in [2.45, 2.75) is 57.8 Å². The number of anilines is 1. The lowest BCUT2D eigenvalue weighted by Crippen LogP contribution is -2.48. The predicted molar refractivity (Wildman–Crippen MR) is 120 cm³/mol. The van der Waals surface area contributed by atoms with Gasteiger partial charge in [0.25, 0.3) is 0 Å². The van der Waals surface area contributed by atoms with Gasteiger partial charge in [0.05, 0.1) is 31.0 Å². The molecule has 182 valence electrons. The molecule has 1 saturated heterocycles. The molecule has 0 spiro atoms. The first-order valence-electron chi connectivity index (χ1n) is 10.4. The lowest BCUT2D eigenvalue weighted by Gasteiger charge is -2.31. The Morgan fingerprint density at radius 3 is 2.58 bits per heavy atom. The number of aliphatic hydroxyl groups is 3. The largest absolute Gasteiger partial charge is 0.463 e. The second kappa shape index (κ2) is 14.6. The maximum atomic E-state index is 12.3. The third kappa shape index (κ3) is 9.10. The monoisotopic (exact) mass is 465 g/mol. The van der Waals surface area contributed by atoms with Crippen LogP contribution in [0.2, 0.25) is 0 Å². The Hall–Kier alpha value is -2.51. The van der Waals surface area contributed by atoms with E-state index in [0.717, 1.165) is 7.11 Å². The molecule has 0 aliphatic carbocycles. The average molecular weight is 465 g/mol. The van der Waals surface area contributed by atoms with Gasteiger partial charge in [0.15, 0.2) is 7.98 Å². The zero-order valence-electron chi connectivity index (χ0n) is 19.0. The van der Waals surface area contributed by atoms with E-state index in [4.69, 9.17) is 22.6 Å². The van der Waals surface area contributed by atoms with Crippen molar-refractivity contribution in [1.29, 1.82) is 0 Å². The van der Waals surface area contributed by atoms with E-state index in [9.17, 15) is 24.6 Å². The van der Waals surface area contributed by atoms with Crippen molar-refractivity contribution in [3.63, 3.8) is 0 Å². The minimum atomic E-state index is -0.911. The van der Waals surface area contributed by atoms with Crippen LogP contribution in [-0.2, 0) is 25.7 Å². The van der Waals surface area contributed by atoms with Crippen molar-refractivity contribution < 1.29 is 39.2 Å². The molecule has 0 saturated carbocycles. The van der Waals surface area contributed by atoms with Crippen molar-refractivity contribution in [2.75, 3.05) is 19.0 Å². The van der Waals surface area contributed by atoms with Gasteiger partial charge in [0.2, 0.25) is 18.1 Å². The molecule has 1 aliphatic heterocycles. The molecule has 1 aromatic carbocycles. The van der Waals surface area contributed by atoms with Crippen molar-refractivity contribution in [3.05, 3.63) is 23.8 Å². The molecule has 1 aliphatic rings. The lowest BCUT2D eigenvalue weighted by atomic mass is 10.0. The summed E-state index contributed by atoms with van der Waals surface area (Å²) in [6.07, 6.45) is -1.57. The smallest absolute Gasteiger partial charge is 0.243 e. The van der Waals surface area contributed by atoms with E-state index in [-0.39, 0.29) is 43.3 Å². The first kappa shape index (κ1) is 28.5. The van der Waals surface area contributed by atoms with E-state index in [1.807, 2.05) is 13.8 Å². The number of carbonyl (C=O) groups is 3. The second-order valence-corrected chi connectivity index (χ2v) is 7.63. The van der Waals surface area contributed by atoms with E-state index in [2.05, 4.69) is 15.9 Å². The van der Waals surface area contributed by atoms with E-state index < -0.39 is 36.4 Å². The summed E-state index contributed by atoms with van der Waals surface area (Å²) in [6.45, 7) is 3.08. The molecule has 1 heterocycles. The molecule has 11 nitrogen and oxygen atoms in total. The number of hydrogen-bond acceptors (Lipinski definition) is 9. The molecule has 6 N–H and O–H groups in total. The van der Waals surface area contributed by atoms with E-state index >= 15 is 0 Å². The summed E-state index contributed by atoms with van der Waals surface area (Å²) in [5.74, 6) is -0.798. The van der Waals surface area contributed by atoms with Gasteiger partial charge < -0.3 is 45.4 Å². The molecule has 4 atom stereocenters. The first-order chi connectivity index (χ1) is 15.8. The van der Waals surface area contributed by atoms with Crippen molar-refractivity contribution in [1.82, 2.24) is 10.5 Å². The number of benzene rings is 1. The van der Waals surface area contributed by atoms with Crippen LogP contribution in [-0.4, -0.2) is 79.6 Å². The summed E-state index contributed by atoms with van der Waals surface area (Å²) >= 11 is 0. The predicted octanol–water partition coefficient (Wildman–Crippen LogP) is -1.02. The molecule has 4 unspecified atom stereocenters. The van der Waals surface area contributed by atoms with Crippen LogP contribution in [0, 0.1) is 5.92 Å². The number of nitrogens with one attached hydrogen (secondary N) is 3. The third-order valence-electron chi connectivity index (χ3n) is 4.76. The van der Waals surface area contributed by atoms with Gasteiger partial charge in [-0.15, -0.1) is 0 Å². The fourth-order valence-electron chi connectivity index (χ4n) is 3.11. The van der Waals surface area contributed by atoms with Crippen LogP contribution in [0.4, 0.5) is 5.69 Å². The molecule has 2 radical (unpaired) electrons. The Morgan fingerprint density at radius 2 is 2.00 bits per heavy atom. The van der Waals surface area contributed by atoms with Crippen LogP contribution in [0.15, 0.2) is 18.2 Å². The van der Waals surface area contributed by atoms with E-state index in [0.29, 0.717) is 11.8 Å². The molecule has 0 bridgehead atoms. The number of aldehydes is 1. The van der Waals surface area contributed by atoms with Gasteiger partial charge in [0.1, 0.15) is 18.1 Å². The van der Waals surface area contributed by atoms with Crippen LogP contribution in [0.25, 0.3) is 0 Å². The zero-order chi connectivity index (χ0) is 25.0. The molecular weight excluding hydrogens is 433 g/mol. The maximum Gasteiger partial charge on any atom is 0.243 e. The summed E-state index contributed by atoms with van der Waals surface area (Å²) in [5.41, 5.74) is 0.804. The molecule has 0 aromatic heterocycles. The number of rotatable bonds is 10. The Balaban J connectivity index is 0.00000265. The van der Waals surface area contributed by atoms with Gasteiger partial charge in [-0.1, -0.05) is 19.9 Å². The highest BCUT2D eigenvalue weighted by Crippen LogP contribution is 2.30. The van der Waals surface area contributed by atoms with Gasteiger partial charge in [-0.2, -0.15) is 0 Å². The molecule has 2 rings (SSSR count). The lowest BCUT2D eigenvalue weighted by molar-refractivity contribution is -0.175. The highest BCUT2D eigenvalue weighted by atomic mass is 16.7. The van der Waals surface area contributed by atoms with Gasteiger partial charge >= 0.3 is 0 Å². The van der Waals surface area contributed by atoms with Crippen molar-refractivity contribution in [2.24, 2.45) is 5.92 Å². The normalized spacial score (nSPS) is 20.8. The summed E-state index contributed by atoms with van der Waals surface area (Å²) in [5, 5.41) is 33.9. The quantitative estimate of drug-likeness (QED) is 0.187. The SMILES string of the molecule is CO.[B]NC(C(=O)NCC(=O)Nc1ccc(CO)cc1OC1CC(O)CC(C=O)O1)C(C)C. The first-order valence-corrected chi connectivity index (χ1v) is 10.4. The highest BCUT2D eigenvalue weighted by molar-refractivity contribution is 6.07. The molecule has 33 heavy (non-hydrogen) atoms. The topological polar surface area (TPSA) is 166 Å². The highest BCUT2D eigenvalue weighted by Gasteiger charge is 2.30. The van der Waals surface area contributed by atoms with Crippen molar-refractivity contribution >= 4 is 31.8 Å². The van der Waals surface area contributed by atoms with Crippen molar-refractivity contribution in [3.8, 4) is 5.75 Å². The van der Waals surface area contributed by atoms with Gasteiger partial charge in [0, 0.05) is 20.0 Å². The Kier molecular flexibility index (Phi) is 12.6. The zero-order valence-corrected chi connectivity index (χ0v) is 19.0. The minimum absolute atomic E-state index is 0.0693. The third-order valence-corrected chi connectivity index (χ3v) is 4.76. The van der Waals surface area contributed by atoms with Crippen LogP contribution in [0.3, 0.4) is 0 Å². The number of carbonyl (C=O) groups excluding carboxylic acids is 3. The van der Waals surface area contributed by atoms with E-state index in [1.54, 1.807) is 6.07 Å². The fraction of sp³-hybridized carbons (Fsp3) is 0.571. The van der Waals surface area contributed by atoms with Crippen LogP contribution in [0.1, 0.15) is 32.3 Å². The number of ether oxygens (including phenoxy) is 2. The Morgan fingerprint density at radius 1 is 1.30 bits per heavy atom. The molecule has 1 aromatic rings. The average Bonchev–Trinajstić information content (AvgIpc) is 2.80. The van der Waals surface area contributed by atoms with Gasteiger partial charge in [-0.3, -0.25) is 9.59 Å². The molecule has 12 heteroatoms. The standard InChI is InChI=1S/C20H28BN3O7.CH4O/c1-11(2)19(24-21)20(29)22-8-17(28)23-15-4-3-12(9-25)5-16(15)31-18-7-13(27)6-14(10-26)30-18;1-2/h3-5,10-11,13-14,18-19,24-25,27H,6-9H2,1-2H3,(H,22,29)(H,23,28);2H,1H3. The molecular formula is C21H32BN3O8. The Bertz CT molecular complexity index is 780. The van der Waals surface area contributed by atoms with Gasteiger partial charge in [-0.05, 0) is 23.6 Å². The van der Waals surface area contributed by atoms with E-state index in [1.165, 1.54) is 12.1 Å². The number of amides is 2. The van der Waals surface area contributed by atoms with Crippen LogP contribution < -0.4 is 20.6 Å². The van der Waals surface area contributed by atoms with Crippen LogP contribution in [0.5, 0.6) is 5.75 Å². The maximum absolute atomic E-state index is 12.3. The van der Waals surface area contributed by atoms with Crippen LogP contribution >= 0.6 is 0 Å². The number of aliphatic hydroxyl groups excluding tert-OH is 3. The fourth-order valence-corrected chi connectivity index (χ4v) is 3.11. The summed E-state index contributed by atoms with van der Waals surface area (Å²) in [4.78, 5) is 35.5. The summed E-state index contributed by atoms with van der Waals surface area (Å²) < 4.78 is 11.2. The molecule has 2 amide bonds. The molecule has 1 fully saturated rings. The minimum Gasteiger partial charge on any atom is -0.463 e. The second-order valence-electron chi connectivity index (χ2n) is 7.63. The Labute approximate surface area is 194 Å². The van der Waals surface area contributed by atoms with Gasteiger partial charge in [-0.25, -0.2) is 0 Å².